The van der Waals surface area contributed by atoms with Crippen molar-refractivity contribution in [3.63, 3.8) is 0 Å². The average Bonchev–Trinajstić information content (AvgIpc) is 3.20. The van der Waals surface area contributed by atoms with Crippen molar-refractivity contribution in [3.8, 4) is 11.8 Å². The van der Waals surface area contributed by atoms with Gasteiger partial charge in [0.1, 0.15) is 17.5 Å². The predicted molar refractivity (Wildman–Crippen MR) is 135 cm³/mol. The van der Waals surface area contributed by atoms with Gasteiger partial charge >= 0.3 is 0 Å². The van der Waals surface area contributed by atoms with Crippen LogP contribution in [0.5, 0.6) is 0 Å². The number of rotatable bonds is 5. The van der Waals surface area contributed by atoms with E-state index in [-0.39, 0.29) is 5.04 Å². The van der Waals surface area contributed by atoms with E-state index in [0.717, 1.165) is 22.3 Å². The van der Waals surface area contributed by atoms with Gasteiger partial charge in [-0.25, -0.2) is 15.0 Å². The number of imidazole rings is 1. The first-order valence-electron chi connectivity index (χ1n) is 11.2. The van der Waals surface area contributed by atoms with E-state index in [1.807, 2.05) is 41.0 Å². The van der Waals surface area contributed by atoms with Gasteiger partial charge in [-0.15, -0.1) is 0 Å². The molecular formula is C27H30N4OSi. The molecule has 0 fully saturated rings. The van der Waals surface area contributed by atoms with Crippen molar-refractivity contribution in [1.29, 1.82) is 0 Å². The summed E-state index contributed by atoms with van der Waals surface area (Å²) in [7, 11) is -1.84. The Morgan fingerprint density at radius 2 is 1.64 bits per heavy atom. The third-order valence-electron chi connectivity index (χ3n) is 6.32. The van der Waals surface area contributed by atoms with Gasteiger partial charge in [0.25, 0.3) is 0 Å². The minimum Gasteiger partial charge on any atom is -0.413 e. The highest BCUT2D eigenvalue weighted by Crippen LogP contribution is 2.37. The molecule has 2 aromatic carbocycles. The SMILES string of the molecule is CC(C)(C)[Si](C)(C)OCc1ccccc1C#Cc1ncnc2c1ncn2Cc1ccccc1. The lowest BCUT2D eigenvalue weighted by molar-refractivity contribution is 0.276. The molecule has 33 heavy (non-hydrogen) atoms. The molecule has 0 spiro atoms. The van der Waals surface area contributed by atoms with Gasteiger partial charge in [0, 0.05) is 5.56 Å². The maximum atomic E-state index is 6.43. The van der Waals surface area contributed by atoms with Crippen molar-refractivity contribution in [2.45, 2.75) is 52.1 Å². The summed E-state index contributed by atoms with van der Waals surface area (Å²) in [5.41, 5.74) is 5.37. The zero-order chi connectivity index (χ0) is 23.5. The fourth-order valence-corrected chi connectivity index (χ4v) is 4.19. The van der Waals surface area contributed by atoms with Gasteiger partial charge in [-0.2, -0.15) is 0 Å². The Labute approximate surface area is 197 Å². The Balaban J connectivity index is 1.60. The number of nitrogens with zero attached hydrogens (tertiary/aromatic N) is 4. The normalized spacial score (nSPS) is 11.9. The molecule has 0 bridgehead atoms. The lowest BCUT2D eigenvalue weighted by atomic mass is 10.1. The first-order chi connectivity index (χ1) is 15.7. The Kier molecular flexibility index (Phi) is 6.46. The quantitative estimate of drug-likeness (QED) is 0.283. The van der Waals surface area contributed by atoms with Crippen molar-refractivity contribution in [3.05, 3.63) is 89.6 Å². The lowest BCUT2D eigenvalue weighted by Gasteiger charge is -2.36. The number of benzene rings is 2. The van der Waals surface area contributed by atoms with Crippen LogP contribution in [0.1, 0.15) is 43.2 Å². The van der Waals surface area contributed by atoms with Gasteiger partial charge in [0.05, 0.1) is 19.5 Å². The second kappa shape index (κ2) is 9.30. The molecule has 168 valence electrons. The van der Waals surface area contributed by atoms with Crippen LogP contribution in [-0.4, -0.2) is 27.8 Å². The minimum absolute atomic E-state index is 0.165. The Hall–Kier alpha value is -3.27. The van der Waals surface area contributed by atoms with Crippen molar-refractivity contribution >= 4 is 19.5 Å². The summed E-state index contributed by atoms with van der Waals surface area (Å²) in [6, 6.07) is 18.4. The molecule has 5 nitrogen and oxygen atoms in total. The fraction of sp³-hybridized carbons (Fsp3) is 0.296. The van der Waals surface area contributed by atoms with Crippen molar-refractivity contribution < 1.29 is 4.43 Å². The summed E-state index contributed by atoms with van der Waals surface area (Å²) in [5, 5.41) is 0.165. The van der Waals surface area contributed by atoms with E-state index in [4.69, 9.17) is 4.43 Å². The molecule has 4 rings (SSSR count). The van der Waals surface area contributed by atoms with Crippen LogP contribution < -0.4 is 0 Å². The van der Waals surface area contributed by atoms with Crippen LogP contribution >= 0.6 is 0 Å². The molecule has 0 N–H and O–H groups in total. The molecule has 6 heteroatoms. The summed E-state index contributed by atoms with van der Waals surface area (Å²) in [6.07, 6.45) is 3.36. The zero-order valence-corrected chi connectivity index (χ0v) is 21.0. The standard InChI is InChI=1S/C27H30N4OSi/c1-27(2,3)33(4,5)32-18-23-14-10-9-13-22(23)15-16-24-25-26(29-19-28-24)31(20-30-25)17-21-11-7-6-8-12-21/h6-14,19-20H,17-18H2,1-5H3. The smallest absolute Gasteiger partial charge is 0.192 e. The molecule has 0 unspecified atom stereocenters. The number of fused-ring (bicyclic) bond motifs is 1. The first kappa shape index (κ1) is 22.9. The Bertz CT molecular complexity index is 1310. The maximum Gasteiger partial charge on any atom is 0.192 e. The van der Waals surface area contributed by atoms with Crippen LogP contribution in [0, 0.1) is 11.8 Å². The molecule has 0 aliphatic carbocycles. The van der Waals surface area contributed by atoms with Crippen LogP contribution in [-0.2, 0) is 17.6 Å². The summed E-state index contributed by atoms with van der Waals surface area (Å²) < 4.78 is 8.46. The molecule has 2 aromatic heterocycles. The molecular weight excluding hydrogens is 424 g/mol. The highest BCUT2D eigenvalue weighted by molar-refractivity contribution is 6.74. The summed E-state index contributed by atoms with van der Waals surface area (Å²) in [4.78, 5) is 13.4. The minimum atomic E-state index is -1.84. The van der Waals surface area contributed by atoms with E-state index < -0.39 is 8.32 Å². The van der Waals surface area contributed by atoms with Crippen molar-refractivity contribution in [2.75, 3.05) is 0 Å². The van der Waals surface area contributed by atoms with Crippen LogP contribution in [0.3, 0.4) is 0 Å². The fourth-order valence-electron chi connectivity index (χ4n) is 3.24. The third-order valence-corrected chi connectivity index (χ3v) is 10.8. The highest BCUT2D eigenvalue weighted by atomic mass is 28.4. The van der Waals surface area contributed by atoms with E-state index in [1.165, 1.54) is 5.56 Å². The molecule has 0 radical (unpaired) electrons. The second-order valence-corrected chi connectivity index (χ2v) is 14.5. The van der Waals surface area contributed by atoms with E-state index in [1.54, 1.807) is 12.7 Å². The summed E-state index contributed by atoms with van der Waals surface area (Å²) in [6.45, 7) is 12.6. The van der Waals surface area contributed by atoms with Crippen LogP contribution in [0.2, 0.25) is 18.1 Å². The maximum absolute atomic E-state index is 6.43. The lowest BCUT2D eigenvalue weighted by Crippen LogP contribution is -2.40. The Morgan fingerprint density at radius 3 is 2.39 bits per heavy atom. The van der Waals surface area contributed by atoms with E-state index in [2.05, 4.69) is 78.9 Å². The molecule has 0 saturated carbocycles. The van der Waals surface area contributed by atoms with Crippen LogP contribution in [0.4, 0.5) is 0 Å². The molecule has 0 aliphatic rings. The largest absolute Gasteiger partial charge is 0.413 e. The van der Waals surface area contributed by atoms with E-state index >= 15 is 0 Å². The number of hydrogen-bond acceptors (Lipinski definition) is 4. The molecule has 4 aromatic rings. The predicted octanol–water partition coefficient (Wildman–Crippen LogP) is 5.80. The van der Waals surface area contributed by atoms with Gasteiger partial charge in [-0.3, -0.25) is 0 Å². The van der Waals surface area contributed by atoms with E-state index in [9.17, 15) is 0 Å². The molecule has 0 aliphatic heterocycles. The molecule has 0 amide bonds. The Morgan fingerprint density at radius 1 is 0.909 bits per heavy atom. The molecule has 0 saturated heterocycles. The highest BCUT2D eigenvalue weighted by Gasteiger charge is 2.37. The topological polar surface area (TPSA) is 52.8 Å². The monoisotopic (exact) mass is 454 g/mol. The number of hydrogen-bond donors (Lipinski definition) is 0. The first-order valence-corrected chi connectivity index (χ1v) is 14.1. The van der Waals surface area contributed by atoms with Crippen molar-refractivity contribution in [2.24, 2.45) is 0 Å². The summed E-state index contributed by atoms with van der Waals surface area (Å²) >= 11 is 0. The second-order valence-electron chi connectivity index (χ2n) is 9.71. The zero-order valence-electron chi connectivity index (χ0n) is 20.0. The van der Waals surface area contributed by atoms with E-state index in [0.29, 0.717) is 18.8 Å². The average molecular weight is 455 g/mol. The van der Waals surface area contributed by atoms with Gasteiger partial charge in [0.2, 0.25) is 0 Å². The van der Waals surface area contributed by atoms with Crippen molar-refractivity contribution in [1.82, 2.24) is 19.5 Å². The van der Waals surface area contributed by atoms with Gasteiger partial charge in [-0.05, 0) is 41.2 Å². The summed E-state index contributed by atoms with van der Waals surface area (Å²) in [5.74, 6) is 6.53. The number of aromatic nitrogens is 4. The van der Waals surface area contributed by atoms with Gasteiger partial charge in [-0.1, -0.05) is 75.2 Å². The van der Waals surface area contributed by atoms with Gasteiger partial charge < -0.3 is 8.99 Å². The van der Waals surface area contributed by atoms with Crippen LogP contribution in [0.15, 0.2) is 67.3 Å². The third kappa shape index (κ3) is 5.22. The molecule has 2 heterocycles. The van der Waals surface area contributed by atoms with Gasteiger partial charge in [0.15, 0.2) is 14.0 Å². The molecule has 0 atom stereocenters. The van der Waals surface area contributed by atoms with Crippen LogP contribution in [0.25, 0.3) is 11.2 Å².